The summed E-state index contributed by atoms with van der Waals surface area (Å²) in [7, 11) is 0. The summed E-state index contributed by atoms with van der Waals surface area (Å²) >= 11 is 0. The van der Waals surface area contributed by atoms with Gasteiger partial charge in [0, 0.05) is 0 Å². The maximum absolute atomic E-state index is 12.6. The lowest BCUT2D eigenvalue weighted by molar-refractivity contribution is 0.210. The second-order valence-electron chi connectivity index (χ2n) is 3.11. The van der Waals surface area contributed by atoms with Gasteiger partial charge >= 0.3 is 0 Å². The molecule has 15 heavy (non-hydrogen) atoms. The summed E-state index contributed by atoms with van der Waals surface area (Å²) in [5, 5.41) is 0. The average molecular weight is 206 g/mol. The van der Waals surface area contributed by atoms with Gasteiger partial charge < -0.3 is 4.74 Å². The number of hydrogen-bond acceptors (Lipinski definition) is 1. The topological polar surface area (TPSA) is 9.23 Å². The first-order valence-corrected chi connectivity index (χ1v) is 4.92. The van der Waals surface area contributed by atoms with Gasteiger partial charge in [-0.1, -0.05) is 18.2 Å². The Balaban J connectivity index is 2.53. The van der Waals surface area contributed by atoms with Gasteiger partial charge in [0.1, 0.15) is 18.2 Å². The third-order valence-corrected chi connectivity index (χ3v) is 1.93. The maximum atomic E-state index is 12.6. The lowest BCUT2D eigenvalue weighted by atomic mass is 10.2. The first-order chi connectivity index (χ1) is 7.26. The zero-order valence-electron chi connectivity index (χ0n) is 9.03. The molecule has 0 amide bonds. The molecule has 0 aliphatic carbocycles. The van der Waals surface area contributed by atoms with Gasteiger partial charge in [-0.3, -0.25) is 0 Å². The number of rotatable bonds is 4. The van der Waals surface area contributed by atoms with E-state index < -0.39 is 0 Å². The largest absolute Gasteiger partial charge is 0.489 e. The van der Waals surface area contributed by atoms with Gasteiger partial charge in [0.2, 0.25) is 0 Å². The van der Waals surface area contributed by atoms with Gasteiger partial charge in [0.25, 0.3) is 0 Å². The Morgan fingerprint density at radius 1 is 1.27 bits per heavy atom. The van der Waals surface area contributed by atoms with E-state index in [1.54, 1.807) is 12.1 Å². The van der Waals surface area contributed by atoms with Crippen molar-refractivity contribution < 1.29 is 9.13 Å². The van der Waals surface area contributed by atoms with Gasteiger partial charge in [-0.05, 0) is 43.7 Å². The minimum Gasteiger partial charge on any atom is -0.489 e. The standard InChI is InChI=1S/C13H15FO/c1-3-5-13(4-2)15-10-11-6-8-12(14)9-7-11/h3-9H,10H2,1-2H3. The Kier molecular flexibility index (Phi) is 4.61. The van der Waals surface area contributed by atoms with Crippen LogP contribution in [0.15, 0.2) is 48.3 Å². The van der Waals surface area contributed by atoms with Crippen LogP contribution in [0.3, 0.4) is 0 Å². The van der Waals surface area contributed by atoms with E-state index >= 15 is 0 Å². The average Bonchev–Trinajstić information content (AvgIpc) is 2.26. The normalized spacial score (nSPS) is 12.1. The molecule has 0 spiro atoms. The van der Waals surface area contributed by atoms with Gasteiger partial charge in [-0.25, -0.2) is 4.39 Å². The molecule has 0 aliphatic rings. The molecule has 2 heteroatoms. The Morgan fingerprint density at radius 3 is 2.47 bits per heavy atom. The highest BCUT2D eigenvalue weighted by molar-refractivity contribution is 5.16. The van der Waals surface area contributed by atoms with Crippen LogP contribution in [-0.2, 0) is 11.3 Å². The number of ether oxygens (including phenoxy) is 1. The lowest BCUT2D eigenvalue weighted by Gasteiger charge is -2.06. The molecule has 0 atom stereocenters. The molecule has 1 aromatic rings. The highest BCUT2D eigenvalue weighted by atomic mass is 19.1. The minimum absolute atomic E-state index is 0.224. The van der Waals surface area contributed by atoms with Crippen molar-refractivity contribution in [2.24, 2.45) is 0 Å². The van der Waals surface area contributed by atoms with Crippen LogP contribution in [-0.4, -0.2) is 0 Å². The van der Waals surface area contributed by atoms with Crippen molar-refractivity contribution in [3.05, 3.63) is 59.6 Å². The van der Waals surface area contributed by atoms with E-state index in [1.807, 2.05) is 32.1 Å². The molecule has 0 aliphatic heterocycles. The first kappa shape index (κ1) is 11.5. The number of allylic oxidation sites excluding steroid dienone is 3. The Labute approximate surface area is 89.9 Å². The van der Waals surface area contributed by atoms with Crippen molar-refractivity contribution in [2.45, 2.75) is 20.5 Å². The highest BCUT2D eigenvalue weighted by Crippen LogP contribution is 2.08. The molecular weight excluding hydrogens is 191 g/mol. The molecule has 0 fully saturated rings. The maximum Gasteiger partial charge on any atom is 0.123 e. The van der Waals surface area contributed by atoms with Gasteiger partial charge in [-0.15, -0.1) is 0 Å². The van der Waals surface area contributed by atoms with Gasteiger partial charge in [0.05, 0.1) is 0 Å². The van der Waals surface area contributed by atoms with Crippen LogP contribution in [0, 0.1) is 5.82 Å². The summed E-state index contributed by atoms with van der Waals surface area (Å²) in [6, 6.07) is 6.31. The number of benzene rings is 1. The Hall–Kier alpha value is -1.57. The molecule has 0 saturated carbocycles. The van der Waals surface area contributed by atoms with Crippen LogP contribution in [0.2, 0.25) is 0 Å². The van der Waals surface area contributed by atoms with E-state index in [4.69, 9.17) is 4.74 Å². The summed E-state index contributed by atoms with van der Waals surface area (Å²) in [6.07, 6.45) is 5.70. The van der Waals surface area contributed by atoms with Crippen molar-refractivity contribution in [1.29, 1.82) is 0 Å². The fourth-order valence-corrected chi connectivity index (χ4v) is 1.14. The molecule has 0 heterocycles. The molecule has 0 aromatic heterocycles. The highest BCUT2D eigenvalue weighted by Gasteiger charge is 1.95. The zero-order valence-corrected chi connectivity index (χ0v) is 9.03. The summed E-state index contributed by atoms with van der Waals surface area (Å²) in [5.74, 6) is 0.597. The van der Waals surface area contributed by atoms with Crippen LogP contribution in [0.1, 0.15) is 19.4 Å². The summed E-state index contributed by atoms with van der Waals surface area (Å²) < 4.78 is 18.1. The van der Waals surface area contributed by atoms with Crippen molar-refractivity contribution in [3.63, 3.8) is 0 Å². The minimum atomic E-state index is -0.224. The smallest absolute Gasteiger partial charge is 0.123 e. The van der Waals surface area contributed by atoms with E-state index in [1.165, 1.54) is 12.1 Å². The van der Waals surface area contributed by atoms with Gasteiger partial charge in [0.15, 0.2) is 0 Å². The van der Waals surface area contributed by atoms with Crippen molar-refractivity contribution in [2.75, 3.05) is 0 Å². The second-order valence-corrected chi connectivity index (χ2v) is 3.11. The number of hydrogen-bond donors (Lipinski definition) is 0. The van der Waals surface area contributed by atoms with Crippen LogP contribution in [0.4, 0.5) is 4.39 Å². The van der Waals surface area contributed by atoms with E-state index in [0.717, 1.165) is 11.3 Å². The number of halogens is 1. The van der Waals surface area contributed by atoms with E-state index in [-0.39, 0.29) is 5.82 Å². The fraction of sp³-hybridized carbons (Fsp3) is 0.231. The van der Waals surface area contributed by atoms with Crippen molar-refractivity contribution >= 4 is 0 Å². The Bertz CT molecular complexity index is 349. The predicted octanol–water partition coefficient (Wildman–Crippen LogP) is 3.82. The SMILES string of the molecule is CC=CC(=CC)OCc1ccc(F)cc1. The summed E-state index contributed by atoms with van der Waals surface area (Å²) in [5.41, 5.74) is 0.959. The molecule has 0 radical (unpaired) electrons. The van der Waals surface area contributed by atoms with Crippen molar-refractivity contribution in [3.8, 4) is 0 Å². The third-order valence-electron chi connectivity index (χ3n) is 1.93. The van der Waals surface area contributed by atoms with E-state index in [9.17, 15) is 4.39 Å². The fourth-order valence-electron chi connectivity index (χ4n) is 1.14. The predicted molar refractivity (Wildman–Crippen MR) is 59.8 cm³/mol. The first-order valence-electron chi connectivity index (χ1n) is 4.92. The van der Waals surface area contributed by atoms with E-state index in [0.29, 0.717) is 6.61 Å². The molecular formula is C13H15FO. The van der Waals surface area contributed by atoms with Crippen LogP contribution in [0.25, 0.3) is 0 Å². The lowest BCUT2D eigenvalue weighted by Crippen LogP contribution is -1.91. The quantitative estimate of drug-likeness (QED) is 0.537. The van der Waals surface area contributed by atoms with Gasteiger partial charge in [-0.2, -0.15) is 0 Å². The third kappa shape index (κ3) is 3.98. The molecule has 0 saturated heterocycles. The molecule has 1 rings (SSSR count). The Morgan fingerprint density at radius 2 is 1.93 bits per heavy atom. The molecule has 0 N–H and O–H groups in total. The van der Waals surface area contributed by atoms with Crippen molar-refractivity contribution in [1.82, 2.24) is 0 Å². The molecule has 1 aromatic carbocycles. The molecule has 0 bridgehead atoms. The van der Waals surface area contributed by atoms with Crippen LogP contribution in [0.5, 0.6) is 0 Å². The summed E-state index contributed by atoms with van der Waals surface area (Å²) in [4.78, 5) is 0. The molecule has 1 nitrogen and oxygen atoms in total. The van der Waals surface area contributed by atoms with E-state index in [2.05, 4.69) is 0 Å². The summed E-state index contributed by atoms with van der Waals surface area (Å²) in [6.45, 7) is 4.31. The van der Waals surface area contributed by atoms with Crippen LogP contribution < -0.4 is 0 Å². The molecule has 0 unspecified atom stereocenters. The second kappa shape index (κ2) is 6.02. The zero-order chi connectivity index (χ0) is 11.1. The van der Waals surface area contributed by atoms with Crippen LogP contribution >= 0.6 is 0 Å². The monoisotopic (exact) mass is 206 g/mol. The molecule has 80 valence electrons.